The SMILES string of the molecule is O=C(NCC1(c2ccsc2)CCOCC1)[C@H]1CCOC1. The van der Waals surface area contributed by atoms with Crippen LogP contribution < -0.4 is 5.32 Å². The van der Waals surface area contributed by atoms with E-state index in [1.54, 1.807) is 11.3 Å². The molecule has 5 heteroatoms. The van der Waals surface area contributed by atoms with Crippen molar-refractivity contribution in [2.24, 2.45) is 5.92 Å². The lowest BCUT2D eigenvalue weighted by molar-refractivity contribution is -0.125. The first-order valence-corrected chi connectivity index (χ1v) is 8.20. The van der Waals surface area contributed by atoms with E-state index in [4.69, 9.17) is 9.47 Å². The zero-order chi connectivity index (χ0) is 13.8. The number of thiophene rings is 1. The van der Waals surface area contributed by atoms with Gasteiger partial charge in [-0.05, 0) is 41.7 Å². The van der Waals surface area contributed by atoms with Gasteiger partial charge in [0.05, 0.1) is 12.5 Å². The van der Waals surface area contributed by atoms with E-state index in [9.17, 15) is 4.79 Å². The Morgan fingerprint density at radius 1 is 1.35 bits per heavy atom. The molecule has 1 amide bonds. The average Bonchev–Trinajstić information content (AvgIpc) is 3.18. The van der Waals surface area contributed by atoms with E-state index in [0.29, 0.717) is 19.8 Å². The zero-order valence-electron chi connectivity index (χ0n) is 11.6. The van der Waals surface area contributed by atoms with Crippen LogP contribution >= 0.6 is 11.3 Å². The van der Waals surface area contributed by atoms with Gasteiger partial charge in [-0.25, -0.2) is 0 Å². The van der Waals surface area contributed by atoms with Crippen LogP contribution in [0.1, 0.15) is 24.8 Å². The first-order chi connectivity index (χ1) is 9.80. The minimum Gasteiger partial charge on any atom is -0.381 e. The van der Waals surface area contributed by atoms with Gasteiger partial charge in [-0.3, -0.25) is 4.79 Å². The van der Waals surface area contributed by atoms with Gasteiger partial charge in [-0.2, -0.15) is 11.3 Å². The van der Waals surface area contributed by atoms with Gasteiger partial charge in [0.15, 0.2) is 0 Å². The predicted octanol–water partition coefficient (Wildman–Crippen LogP) is 1.95. The van der Waals surface area contributed by atoms with Crippen molar-refractivity contribution >= 4 is 17.2 Å². The first-order valence-electron chi connectivity index (χ1n) is 7.26. The second-order valence-electron chi connectivity index (χ2n) is 5.68. The molecule has 20 heavy (non-hydrogen) atoms. The molecule has 3 rings (SSSR count). The molecule has 2 fully saturated rings. The topological polar surface area (TPSA) is 47.6 Å². The summed E-state index contributed by atoms with van der Waals surface area (Å²) < 4.78 is 10.8. The number of hydrogen-bond acceptors (Lipinski definition) is 4. The maximum absolute atomic E-state index is 12.2. The lowest BCUT2D eigenvalue weighted by Gasteiger charge is -2.37. The van der Waals surface area contributed by atoms with Crippen LogP contribution in [0, 0.1) is 5.92 Å². The van der Waals surface area contributed by atoms with E-state index in [1.165, 1.54) is 5.56 Å². The molecular formula is C15H21NO3S. The van der Waals surface area contributed by atoms with E-state index in [-0.39, 0.29) is 17.2 Å². The van der Waals surface area contributed by atoms with Crippen LogP contribution in [0.2, 0.25) is 0 Å². The molecule has 0 saturated carbocycles. The van der Waals surface area contributed by atoms with Crippen molar-refractivity contribution in [2.45, 2.75) is 24.7 Å². The molecule has 1 atom stereocenters. The second-order valence-corrected chi connectivity index (χ2v) is 6.46. The Kier molecular flexibility index (Phi) is 4.38. The number of ether oxygens (including phenoxy) is 2. The zero-order valence-corrected chi connectivity index (χ0v) is 12.4. The fraction of sp³-hybridized carbons (Fsp3) is 0.667. The summed E-state index contributed by atoms with van der Waals surface area (Å²) in [6.45, 7) is 3.54. The number of carbonyl (C=O) groups is 1. The number of nitrogens with one attached hydrogen (secondary N) is 1. The lowest BCUT2D eigenvalue weighted by atomic mass is 9.75. The van der Waals surface area contributed by atoms with Gasteiger partial charge < -0.3 is 14.8 Å². The summed E-state index contributed by atoms with van der Waals surface area (Å²) >= 11 is 1.72. The molecule has 0 radical (unpaired) electrons. The van der Waals surface area contributed by atoms with Crippen molar-refractivity contribution in [3.8, 4) is 0 Å². The van der Waals surface area contributed by atoms with Crippen molar-refractivity contribution < 1.29 is 14.3 Å². The summed E-state index contributed by atoms with van der Waals surface area (Å²) in [6, 6.07) is 2.18. The third-order valence-corrected chi connectivity index (χ3v) is 5.17. The highest BCUT2D eigenvalue weighted by Crippen LogP contribution is 2.35. The first kappa shape index (κ1) is 14.0. The minimum absolute atomic E-state index is 0.0364. The molecule has 0 aliphatic carbocycles. The maximum Gasteiger partial charge on any atom is 0.225 e. The van der Waals surface area contributed by atoms with E-state index < -0.39 is 0 Å². The van der Waals surface area contributed by atoms with Gasteiger partial charge in [-0.15, -0.1) is 0 Å². The monoisotopic (exact) mass is 295 g/mol. The standard InChI is InChI=1S/C15H21NO3S/c17-14(12-1-5-19-9-12)16-11-15(3-6-18-7-4-15)13-2-8-20-10-13/h2,8,10,12H,1,3-7,9,11H2,(H,16,17)/t12-/m0/s1. The van der Waals surface area contributed by atoms with E-state index in [2.05, 4.69) is 22.1 Å². The Morgan fingerprint density at radius 3 is 2.85 bits per heavy atom. The molecule has 1 aromatic heterocycles. The second kappa shape index (κ2) is 6.24. The summed E-state index contributed by atoms with van der Waals surface area (Å²) in [7, 11) is 0. The average molecular weight is 295 g/mol. The molecule has 110 valence electrons. The molecule has 1 N–H and O–H groups in total. The summed E-state index contributed by atoms with van der Waals surface area (Å²) in [5.41, 5.74) is 1.39. The van der Waals surface area contributed by atoms with Crippen LogP contribution in [0.4, 0.5) is 0 Å². The number of carbonyl (C=O) groups excluding carboxylic acids is 1. The summed E-state index contributed by atoms with van der Waals surface area (Å²) in [5, 5.41) is 7.47. The van der Waals surface area contributed by atoms with Gasteiger partial charge in [0.1, 0.15) is 0 Å². The van der Waals surface area contributed by atoms with Crippen LogP contribution in [0.3, 0.4) is 0 Å². The molecule has 0 unspecified atom stereocenters. The number of amides is 1. The van der Waals surface area contributed by atoms with Gasteiger partial charge in [-0.1, -0.05) is 0 Å². The van der Waals surface area contributed by atoms with Gasteiger partial charge in [0, 0.05) is 31.8 Å². The Morgan fingerprint density at radius 2 is 2.20 bits per heavy atom. The molecule has 3 heterocycles. The third-order valence-electron chi connectivity index (χ3n) is 4.48. The molecule has 2 aliphatic heterocycles. The summed E-state index contributed by atoms with van der Waals surface area (Å²) in [6.07, 6.45) is 2.80. The fourth-order valence-corrected chi connectivity index (χ4v) is 3.82. The highest BCUT2D eigenvalue weighted by molar-refractivity contribution is 7.08. The maximum atomic E-state index is 12.2. The molecule has 0 aromatic carbocycles. The Bertz CT molecular complexity index is 434. The highest BCUT2D eigenvalue weighted by Gasteiger charge is 2.36. The van der Waals surface area contributed by atoms with Crippen LogP contribution in [0.15, 0.2) is 16.8 Å². The van der Waals surface area contributed by atoms with Crippen LogP contribution in [-0.4, -0.2) is 38.9 Å². The van der Waals surface area contributed by atoms with Crippen molar-refractivity contribution in [1.82, 2.24) is 5.32 Å². The number of hydrogen-bond donors (Lipinski definition) is 1. The molecule has 2 aliphatic rings. The molecular weight excluding hydrogens is 274 g/mol. The summed E-state index contributed by atoms with van der Waals surface area (Å²) in [4.78, 5) is 12.2. The van der Waals surface area contributed by atoms with Gasteiger partial charge >= 0.3 is 0 Å². The van der Waals surface area contributed by atoms with Gasteiger partial charge in [0.2, 0.25) is 5.91 Å². The quantitative estimate of drug-likeness (QED) is 0.923. The third kappa shape index (κ3) is 2.90. The smallest absolute Gasteiger partial charge is 0.225 e. The molecule has 2 saturated heterocycles. The minimum atomic E-state index is 0.0364. The molecule has 0 spiro atoms. The highest BCUT2D eigenvalue weighted by atomic mass is 32.1. The van der Waals surface area contributed by atoms with Crippen LogP contribution in [-0.2, 0) is 19.7 Å². The predicted molar refractivity (Wildman–Crippen MR) is 78.0 cm³/mol. The lowest BCUT2D eigenvalue weighted by Crippen LogP contribution is -2.45. The van der Waals surface area contributed by atoms with Crippen molar-refractivity contribution in [2.75, 3.05) is 33.0 Å². The summed E-state index contributed by atoms with van der Waals surface area (Å²) in [5.74, 6) is 0.179. The van der Waals surface area contributed by atoms with E-state index >= 15 is 0 Å². The Hall–Kier alpha value is -0.910. The molecule has 4 nitrogen and oxygen atoms in total. The Labute approximate surface area is 123 Å². The van der Waals surface area contributed by atoms with Gasteiger partial charge in [0.25, 0.3) is 0 Å². The molecule has 1 aromatic rings. The molecule has 0 bridgehead atoms. The normalized spacial score (nSPS) is 25.5. The van der Waals surface area contributed by atoms with E-state index in [1.807, 2.05) is 0 Å². The van der Waals surface area contributed by atoms with Crippen LogP contribution in [0.25, 0.3) is 0 Å². The Balaban J connectivity index is 1.66. The largest absolute Gasteiger partial charge is 0.381 e. The van der Waals surface area contributed by atoms with E-state index in [0.717, 1.165) is 32.5 Å². The van der Waals surface area contributed by atoms with Crippen molar-refractivity contribution in [3.63, 3.8) is 0 Å². The fourth-order valence-electron chi connectivity index (χ4n) is 3.04. The van der Waals surface area contributed by atoms with Crippen LogP contribution in [0.5, 0.6) is 0 Å². The number of rotatable bonds is 4. The van der Waals surface area contributed by atoms with Crippen molar-refractivity contribution in [1.29, 1.82) is 0 Å². The van der Waals surface area contributed by atoms with Crippen molar-refractivity contribution in [3.05, 3.63) is 22.4 Å².